The van der Waals surface area contributed by atoms with E-state index in [-0.39, 0.29) is 0 Å². The molecule has 0 aromatic rings. The van der Waals surface area contributed by atoms with Gasteiger partial charge in [0, 0.05) is 12.1 Å². The smallest absolute Gasteiger partial charge is 0.0100 e. The minimum absolute atomic E-state index is 0.785. The van der Waals surface area contributed by atoms with E-state index >= 15 is 0 Å². The third-order valence-electron chi connectivity index (χ3n) is 5.44. The molecular formula is C20H41N. The number of rotatable bonds is 11. The van der Waals surface area contributed by atoms with Crippen LogP contribution in [0.1, 0.15) is 105 Å². The lowest BCUT2D eigenvalue weighted by molar-refractivity contribution is 0.185. The summed E-state index contributed by atoms with van der Waals surface area (Å²) >= 11 is 0. The molecule has 1 aliphatic rings. The number of hydrogen-bond acceptors (Lipinski definition) is 1. The van der Waals surface area contributed by atoms with E-state index in [1.165, 1.54) is 77.0 Å². The largest absolute Gasteiger partial charge is 0.311 e. The molecule has 1 N–H and O–H groups in total. The molecule has 0 aromatic carbocycles. The summed E-state index contributed by atoms with van der Waals surface area (Å²) in [6.07, 6.45) is 16.9. The van der Waals surface area contributed by atoms with Gasteiger partial charge in [-0.05, 0) is 37.5 Å². The summed E-state index contributed by atoms with van der Waals surface area (Å²) in [7, 11) is 0. The quantitative estimate of drug-likeness (QED) is 0.440. The molecular weight excluding hydrogens is 254 g/mol. The van der Waals surface area contributed by atoms with Crippen LogP contribution in [-0.2, 0) is 0 Å². The molecule has 0 spiro atoms. The Bertz CT molecular complexity index is 226. The fourth-order valence-corrected chi connectivity index (χ4v) is 4.06. The van der Waals surface area contributed by atoms with Crippen LogP contribution in [0.4, 0.5) is 0 Å². The summed E-state index contributed by atoms with van der Waals surface area (Å²) < 4.78 is 0. The van der Waals surface area contributed by atoms with Crippen LogP contribution in [0.5, 0.6) is 0 Å². The Morgan fingerprint density at radius 3 is 1.95 bits per heavy atom. The van der Waals surface area contributed by atoms with Crippen molar-refractivity contribution in [1.29, 1.82) is 0 Å². The van der Waals surface area contributed by atoms with E-state index in [2.05, 4.69) is 33.0 Å². The van der Waals surface area contributed by atoms with E-state index in [0.29, 0.717) is 0 Å². The van der Waals surface area contributed by atoms with Crippen molar-refractivity contribution in [3.05, 3.63) is 0 Å². The highest BCUT2D eigenvalue weighted by molar-refractivity contribution is 4.85. The van der Waals surface area contributed by atoms with Crippen LogP contribution in [0, 0.1) is 11.8 Å². The van der Waals surface area contributed by atoms with E-state index in [4.69, 9.17) is 0 Å². The monoisotopic (exact) mass is 295 g/mol. The maximum Gasteiger partial charge on any atom is 0.0100 e. The fourth-order valence-electron chi connectivity index (χ4n) is 4.06. The Morgan fingerprint density at radius 2 is 1.43 bits per heavy atom. The standard InChI is InChI=1S/C20H41N/c1-5-7-9-13-18(14-10-8-6-2)21-20-16-12-11-15-19(20)17(3)4/h17-21H,5-16H2,1-4H3. The number of unbranched alkanes of at least 4 members (excludes halogenated alkanes) is 4. The molecule has 2 unspecified atom stereocenters. The Morgan fingerprint density at radius 1 is 0.857 bits per heavy atom. The van der Waals surface area contributed by atoms with E-state index in [0.717, 1.165) is 23.9 Å². The lowest BCUT2D eigenvalue weighted by atomic mass is 9.77. The molecule has 0 saturated heterocycles. The molecule has 126 valence electrons. The van der Waals surface area contributed by atoms with Crippen LogP contribution in [0.25, 0.3) is 0 Å². The number of nitrogens with one attached hydrogen (secondary N) is 1. The zero-order valence-electron chi connectivity index (χ0n) is 15.3. The molecule has 21 heavy (non-hydrogen) atoms. The van der Waals surface area contributed by atoms with Crippen LogP contribution in [0.3, 0.4) is 0 Å². The topological polar surface area (TPSA) is 12.0 Å². The van der Waals surface area contributed by atoms with Crippen molar-refractivity contribution in [1.82, 2.24) is 5.32 Å². The third-order valence-corrected chi connectivity index (χ3v) is 5.44. The Hall–Kier alpha value is -0.0400. The van der Waals surface area contributed by atoms with Crippen molar-refractivity contribution in [3.63, 3.8) is 0 Å². The van der Waals surface area contributed by atoms with Gasteiger partial charge >= 0.3 is 0 Å². The summed E-state index contributed by atoms with van der Waals surface area (Å²) in [5.74, 6) is 1.76. The summed E-state index contributed by atoms with van der Waals surface area (Å²) in [4.78, 5) is 0. The van der Waals surface area contributed by atoms with Gasteiger partial charge < -0.3 is 5.32 Å². The minimum atomic E-state index is 0.785. The van der Waals surface area contributed by atoms with Crippen LogP contribution in [0.2, 0.25) is 0 Å². The summed E-state index contributed by atoms with van der Waals surface area (Å²) in [6.45, 7) is 9.48. The van der Waals surface area contributed by atoms with E-state index in [9.17, 15) is 0 Å². The second kappa shape index (κ2) is 11.5. The molecule has 1 nitrogen and oxygen atoms in total. The fraction of sp³-hybridized carbons (Fsp3) is 1.00. The molecule has 0 aliphatic heterocycles. The van der Waals surface area contributed by atoms with Gasteiger partial charge in [0.2, 0.25) is 0 Å². The van der Waals surface area contributed by atoms with Gasteiger partial charge in [0.1, 0.15) is 0 Å². The molecule has 0 bridgehead atoms. The second-order valence-corrected chi connectivity index (χ2v) is 7.65. The van der Waals surface area contributed by atoms with Crippen LogP contribution in [0.15, 0.2) is 0 Å². The lowest BCUT2D eigenvalue weighted by Gasteiger charge is -2.37. The first-order chi connectivity index (χ1) is 10.2. The molecule has 0 aromatic heterocycles. The SMILES string of the molecule is CCCCCC(CCCCC)NC1CCCCC1C(C)C. The van der Waals surface area contributed by atoms with E-state index < -0.39 is 0 Å². The first-order valence-electron chi connectivity index (χ1n) is 9.95. The highest BCUT2D eigenvalue weighted by atomic mass is 15.0. The molecule has 0 heterocycles. The van der Waals surface area contributed by atoms with Crippen LogP contribution >= 0.6 is 0 Å². The van der Waals surface area contributed by atoms with Gasteiger partial charge in [-0.15, -0.1) is 0 Å². The maximum absolute atomic E-state index is 4.11. The molecule has 1 fully saturated rings. The van der Waals surface area contributed by atoms with Gasteiger partial charge in [0.25, 0.3) is 0 Å². The zero-order chi connectivity index (χ0) is 15.5. The third kappa shape index (κ3) is 7.68. The zero-order valence-corrected chi connectivity index (χ0v) is 15.3. The second-order valence-electron chi connectivity index (χ2n) is 7.65. The van der Waals surface area contributed by atoms with Crippen molar-refractivity contribution >= 4 is 0 Å². The maximum atomic E-state index is 4.11. The first kappa shape index (κ1) is 19.0. The summed E-state index contributed by atoms with van der Waals surface area (Å²) in [5, 5.41) is 4.11. The minimum Gasteiger partial charge on any atom is -0.311 e. The summed E-state index contributed by atoms with van der Waals surface area (Å²) in [5.41, 5.74) is 0. The molecule has 1 rings (SSSR count). The molecule has 1 heteroatoms. The van der Waals surface area contributed by atoms with Gasteiger partial charge in [0.15, 0.2) is 0 Å². The lowest BCUT2D eigenvalue weighted by Crippen LogP contribution is -2.46. The van der Waals surface area contributed by atoms with Gasteiger partial charge in [-0.25, -0.2) is 0 Å². The van der Waals surface area contributed by atoms with Gasteiger partial charge in [-0.2, -0.15) is 0 Å². The Balaban J connectivity index is 2.46. The predicted octanol–water partition coefficient (Wildman–Crippen LogP) is 6.32. The van der Waals surface area contributed by atoms with Crippen molar-refractivity contribution in [2.24, 2.45) is 11.8 Å². The van der Waals surface area contributed by atoms with Crippen molar-refractivity contribution in [3.8, 4) is 0 Å². The molecule has 0 radical (unpaired) electrons. The van der Waals surface area contributed by atoms with Gasteiger partial charge in [-0.1, -0.05) is 79.1 Å². The Labute approximate surface area is 134 Å². The average Bonchev–Trinajstić information content (AvgIpc) is 2.48. The Kier molecular flexibility index (Phi) is 10.4. The average molecular weight is 296 g/mol. The molecule has 1 saturated carbocycles. The summed E-state index contributed by atoms with van der Waals surface area (Å²) in [6, 6.07) is 1.58. The van der Waals surface area contributed by atoms with Crippen molar-refractivity contribution in [2.45, 2.75) is 117 Å². The highest BCUT2D eigenvalue weighted by Gasteiger charge is 2.28. The van der Waals surface area contributed by atoms with E-state index in [1.807, 2.05) is 0 Å². The van der Waals surface area contributed by atoms with Crippen molar-refractivity contribution in [2.75, 3.05) is 0 Å². The van der Waals surface area contributed by atoms with Gasteiger partial charge in [0.05, 0.1) is 0 Å². The normalized spacial score (nSPS) is 23.1. The predicted molar refractivity (Wildman–Crippen MR) is 95.8 cm³/mol. The van der Waals surface area contributed by atoms with E-state index in [1.54, 1.807) is 0 Å². The first-order valence-corrected chi connectivity index (χ1v) is 9.95. The van der Waals surface area contributed by atoms with Crippen LogP contribution in [-0.4, -0.2) is 12.1 Å². The van der Waals surface area contributed by atoms with Crippen molar-refractivity contribution < 1.29 is 0 Å². The van der Waals surface area contributed by atoms with Crippen LogP contribution < -0.4 is 5.32 Å². The highest BCUT2D eigenvalue weighted by Crippen LogP contribution is 2.31. The molecule has 2 atom stereocenters. The van der Waals surface area contributed by atoms with Gasteiger partial charge in [-0.3, -0.25) is 0 Å². The number of hydrogen-bond donors (Lipinski definition) is 1. The molecule has 1 aliphatic carbocycles. The molecule has 0 amide bonds.